The van der Waals surface area contributed by atoms with Gasteiger partial charge in [0.25, 0.3) is 0 Å². The number of nitrogens with zero attached hydrogens (tertiary/aromatic N) is 3. The van der Waals surface area contributed by atoms with Crippen molar-refractivity contribution in [2.24, 2.45) is 4.99 Å². The molecule has 1 unspecified atom stereocenters. The zero-order chi connectivity index (χ0) is 22.8. The Hall–Kier alpha value is -1.65. The molecule has 1 saturated heterocycles. The number of benzene rings is 1. The molecule has 184 valence electrons. The van der Waals surface area contributed by atoms with Crippen LogP contribution in [0.2, 0.25) is 0 Å². The number of hydrogen-bond acceptors (Lipinski definition) is 5. The van der Waals surface area contributed by atoms with Gasteiger partial charge in [-0.1, -0.05) is 43.3 Å². The van der Waals surface area contributed by atoms with Crippen LogP contribution in [0, 0.1) is 0 Å². The van der Waals surface area contributed by atoms with E-state index in [-0.39, 0.29) is 24.0 Å². The first kappa shape index (κ1) is 27.6. The van der Waals surface area contributed by atoms with Gasteiger partial charge >= 0.3 is 0 Å². The van der Waals surface area contributed by atoms with Gasteiger partial charge in [-0.25, -0.2) is 4.99 Å². The molecule has 0 aliphatic carbocycles. The smallest absolute Gasteiger partial charge is 0.191 e. The van der Waals surface area contributed by atoms with Gasteiger partial charge in [0.1, 0.15) is 0 Å². The molecule has 2 aromatic rings. The Morgan fingerprint density at radius 1 is 1.18 bits per heavy atom. The van der Waals surface area contributed by atoms with Crippen molar-refractivity contribution >= 4 is 29.9 Å². The Bertz CT molecular complexity index is 853. The Morgan fingerprint density at radius 3 is 2.70 bits per heavy atom. The van der Waals surface area contributed by atoms with Crippen LogP contribution in [0.15, 0.2) is 39.8 Å². The van der Waals surface area contributed by atoms with Gasteiger partial charge in [0.15, 0.2) is 11.7 Å². The van der Waals surface area contributed by atoms with Gasteiger partial charge in [0, 0.05) is 38.2 Å². The first-order valence-corrected chi connectivity index (χ1v) is 12.0. The molecule has 0 radical (unpaired) electrons. The summed E-state index contributed by atoms with van der Waals surface area (Å²) >= 11 is 0. The summed E-state index contributed by atoms with van der Waals surface area (Å²) in [6.45, 7) is 14.3. The van der Waals surface area contributed by atoms with Crippen LogP contribution in [-0.2, 0) is 24.4 Å². The number of hydrogen-bond donors (Lipinski definition) is 2. The van der Waals surface area contributed by atoms with Crippen LogP contribution in [0.25, 0.3) is 0 Å². The molecule has 3 rings (SSSR count). The van der Waals surface area contributed by atoms with Gasteiger partial charge in [-0.05, 0) is 37.8 Å². The van der Waals surface area contributed by atoms with E-state index in [9.17, 15) is 0 Å². The summed E-state index contributed by atoms with van der Waals surface area (Å²) in [5, 5.41) is 10.9. The highest BCUT2D eigenvalue weighted by molar-refractivity contribution is 14.0. The Labute approximate surface area is 215 Å². The largest absolute Gasteiger partial charge is 0.376 e. The lowest BCUT2D eigenvalue weighted by Crippen LogP contribution is -2.40. The Balaban J connectivity index is 0.00000385. The second kappa shape index (κ2) is 14.6. The molecule has 1 aliphatic rings. The number of rotatable bonds is 10. The van der Waals surface area contributed by atoms with Crippen molar-refractivity contribution in [2.75, 3.05) is 26.2 Å². The summed E-state index contributed by atoms with van der Waals surface area (Å²) in [5.74, 6) is 2.07. The normalized spacial score (nSPS) is 17.1. The first-order valence-electron chi connectivity index (χ1n) is 12.0. The topological polar surface area (TPSA) is 74.9 Å². The number of guanidine groups is 1. The summed E-state index contributed by atoms with van der Waals surface area (Å²) in [6, 6.07) is 10.8. The molecule has 1 aromatic heterocycles. The summed E-state index contributed by atoms with van der Waals surface area (Å²) in [5.41, 5.74) is 3.57. The molecule has 1 atom stereocenters. The monoisotopic (exact) mass is 569 g/mol. The molecule has 8 heteroatoms. The summed E-state index contributed by atoms with van der Waals surface area (Å²) in [7, 11) is 0. The van der Waals surface area contributed by atoms with Crippen LogP contribution in [0.4, 0.5) is 0 Å². The zero-order valence-electron chi connectivity index (χ0n) is 20.5. The van der Waals surface area contributed by atoms with E-state index in [1.807, 2.05) is 0 Å². The van der Waals surface area contributed by atoms with Crippen molar-refractivity contribution in [3.05, 3.63) is 52.9 Å². The minimum Gasteiger partial charge on any atom is -0.376 e. The third kappa shape index (κ3) is 8.90. The molecule has 0 amide bonds. The highest BCUT2D eigenvalue weighted by Crippen LogP contribution is 2.22. The van der Waals surface area contributed by atoms with Crippen molar-refractivity contribution in [2.45, 2.75) is 72.2 Å². The molecule has 7 nitrogen and oxygen atoms in total. The molecule has 0 spiro atoms. The van der Waals surface area contributed by atoms with Crippen molar-refractivity contribution in [1.82, 2.24) is 20.7 Å². The highest BCUT2D eigenvalue weighted by Gasteiger charge is 2.16. The van der Waals surface area contributed by atoms with Gasteiger partial charge in [0.05, 0.1) is 31.5 Å². The zero-order valence-corrected chi connectivity index (χ0v) is 22.8. The second-order valence-electron chi connectivity index (χ2n) is 8.52. The molecule has 0 bridgehead atoms. The molecule has 1 fully saturated rings. The molecule has 33 heavy (non-hydrogen) atoms. The molecule has 1 aliphatic heterocycles. The maximum atomic E-state index is 5.65. The minimum absolute atomic E-state index is 0. The van der Waals surface area contributed by atoms with E-state index >= 15 is 0 Å². The van der Waals surface area contributed by atoms with E-state index in [2.05, 4.69) is 78.7 Å². The summed E-state index contributed by atoms with van der Waals surface area (Å²) in [6.07, 6.45) is 2.45. The quantitative estimate of drug-likeness (QED) is 0.246. The minimum atomic E-state index is 0. The number of ether oxygens (including phenoxy) is 1. The van der Waals surface area contributed by atoms with Gasteiger partial charge in [0.2, 0.25) is 0 Å². The van der Waals surface area contributed by atoms with Crippen LogP contribution in [0.1, 0.15) is 69.0 Å². The van der Waals surface area contributed by atoms with Crippen LogP contribution in [0.5, 0.6) is 0 Å². The van der Waals surface area contributed by atoms with Crippen molar-refractivity contribution in [3.8, 4) is 0 Å². The maximum absolute atomic E-state index is 5.65. The lowest BCUT2D eigenvalue weighted by Gasteiger charge is -2.31. The van der Waals surface area contributed by atoms with Gasteiger partial charge < -0.3 is 19.9 Å². The maximum Gasteiger partial charge on any atom is 0.191 e. The average Bonchev–Trinajstić information content (AvgIpc) is 3.25. The molecule has 2 heterocycles. The van der Waals surface area contributed by atoms with Gasteiger partial charge in [-0.15, -0.1) is 24.0 Å². The fourth-order valence-corrected chi connectivity index (χ4v) is 4.11. The highest BCUT2D eigenvalue weighted by atomic mass is 127. The third-order valence-electron chi connectivity index (χ3n) is 5.90. The van der Waals surface area contributed by atoms with E-state index in [0.29, 0.717) is 25.1 Å². The number of aliphatic imine (C=N–C) groups is 1. The summed E-state index contributed by atoms with van der Waals surface area (Å²) in [4.78, 5) is 7.23. The second-order valence-corrected chi connectivity index (χ2v) is 8.52. The van der Waals surface area contributed by atoms with Crippen molar-refractivity contribution in [1.29, 1.82) is 0 Å². The third-order valence-corrected chi connectivity index (χ3v) is 5.90. The Kier molecular flexibility index (Phi) is 12.2. The average molecular weight is 570 g/mol. The molecule has 0 saturated carbocycles. The van der Waals surface area contributed by atoms with Gasteiger partial charge in [-0.3, -0.25) is 4.90 Å². The SMILES string of the molecule is CCNC(=NCc1cccc(CN2CCOC(C)C2)c1)NCc1cc(C(CC)CC)no1.I. The number of nitrogens with one attached hydrogen (secondary N) is 2. The Morgan fingerprint density at radius 2 is 1.97 bits per heavy atom. The molecular formula is C25H40IN5O2. The number of aromatic nitrogens is 1. The van der Waals surface area contributed by atoms with Crippen LogP contribution < -0.4 is 10.6 Å². The standard InChI is InChI=1S/C25H39N5O2.HI/c1-5-22(6-2)24-14-23(32-29-24)16-28-25(26-7-3)27-15-20-9-8-10-21(13-20)18-30-11-12-31-19(4)17-30;/h8-10,13-14,19,22H,5-7,11-12,15-18H2,1-4H3,(H2,26,27,28);1H. The van der Waals surface area contributed by atoms with E-state index in [0.717, 1.165) is 63.0 Å². The molecule has 1 aromatic carbocycles. The van der Waals surface area contributed by atoms with Crippen molar-refractivity contribution in [3.63, 3.8) is 0 Å². The first-order chi connectivity index (χ1) is 15.6. The van der Waals surface area contributed by atoms with E-state index in [1.165, 1.54) is 11.1 Å². The fourth-order valence-electron chi connectivity index (χ4n) is 4.11. The van der Waals surface area contributed by atoms with Crippen LogP contribution in [0.3, 0.4) is 0 Å². The van der Waals surface area contributed by atoms with Gasteiger partial charge in [-0.2, -0.15) is 0 Å². The van der Waals surface area contributed by atoms with Crippen LogP contribution >= 0.6 is 24.0 Å². The number of halogens is 1. The fraction of sp³-hybridized carbons (Fsp3) is 0.600. The molecular weight excluding hydrogens is 529 g/mol. The number of morpholine rings is 1. The van der Waals surface area contributed by atoms with Crippen LogP contribution in [-0.4, -0.2) is 48.4 Å². The predicted octanol–water partition coefficient (Wildman–Crippen LogP) is 4.67. The van der Waals surface area contributed by atoms with Crippen molar-refractivity contribution < 1.29 is 9.26 Å². The molecule has 2 N–H and O–H groups in total. The summed E-state index contributed by atoms with van der Waals surface area (Å²) < 4.78 is 11.2. The van der Waals surface area contributed by atoms with E-state index in [1.54, 1.807) is 0 Å². The van der Waals surface area contributed by atoms with E-state index < -0.39 is 0 Å². The lowest BCUT2D eigenvalue weighted by molar-refractivity contribution is -0.0212. The van der Waals surface area contributed by atoms with E-state index in [4.69, 9.17) is 14.3 Å². The predicted molar refractivity (Wildman–Crippen MR) is 144 cm³/mol. The lowest BCUT2D eigenvalue weighted by atomic mass is 9.99.